The number of hydrogen-bond acceptors (Lipinski definition) is 7. The Morgan fingerprint density at radius 3 is 2.89 bits per heavy atom. The number of rotatable bonds is 6. The number of aromatic nitrogens is 3. The summed E-state index contributed by atoms with van der Waals surface area (Å²) in [7, 11) is 1.71. The fourth-order valence-corrected chi connectivity index (χ4v) is 6.70. The van der Waals surface area contributed by atoms with Crippen LogP contribution in [-0.2, 0) is 6.54 Å². The van der Waals surface area contributed by atoms with Crippen LogP contribution in [-0.4, -0.2) is 52.8 Å². The molecule has 35 heavy (non-hydrogen) atoms. The summed E-state index contributed by atoms with van der Waals surface area (Å²) in [5, 5.41) is 0.828. The lowest BCUT2D eigenvalue weighted by Crippen LogP contribution is -2.34. The summed E-state index contributed by atoms with van der Waals surface area (Å²) < 4.78 is 13.5. The summed E-state index contributed by atoms with van der Waals surface area (Å²) in [6.45, 7) is 5.95. The normalized spacial score (nSPS) is 19.6. The second-order valence-corrected chi connectivity index (χ2v) is 10.5. The zero-order valence-corrected chi connectivity index (χ0v) is 20.7. The fraction of sp³-hybridized carbons (Fsp3) is 0.423. The molecule has 182 valence electrons. The van der Waals surface area contributed by atoms with E-state index in [1.165, 1.54) is 21.5 Å². The number of benzene rings is 1. The summed E-state index contributed by atoms with van der Waals surface area (Å²) in [6, 6.07) is 9.82. The average Bonchev–Trinajstić information content (AvgIpc) is 3.43. The predicted octanol–water partition coefficient (Wildman–Crippen LogP) is 3.50. The number of aromatic amines is 1. The van der Waals surface area contributed by atoms with Gasteiger partial charge in [0.25, 0.3) is 5.56 Å². The Morgan fingerprint density at radius 1 is 1.17 bits per heavy atom. The van der Waals surface area contributed by atoms with E-state index in [-0.39, 0.29) is 11.2 Å². The van der Waals surface area contributed by atoms with E-state index in [1.807, 2.05) is 37.3 Å². The summed E-state index contributed by atoms with van der Waals surface area (Å²) in [6.07, 6.45) is 1.68. The summed E-state index contributed by atoms with van der Waals surface area (Å²) in [5.41, 5.74) is 2.10. The molecular weight excluding hydrogens is 464 g/mol. The van der Waals surface area contributed by atoms with Gasteiger partial charge < -0.3 is 19.4 Å². The lowest BCUT2D eigenvalue weighted by Gasteiger charge is -2.29. The molecule has 8 nitrogen and oxygen atoms in total. The zero-order valence-electron chi connectivity index (χ0n) is 19.9. The van der Waals surface area contributed by atoms with Gasteiger partial charge in [-0.2, -0.15) is 0 Å². The van der Waals surface area contributed by atoms with Crippen molar-refractivity contribution in [2.24, 2.45) is 5.92 Å². The highest BCUT2D eigenvalue weighted by atomic mass is 32.1. The van der Waals surface area contributed by atoms with E-state index in [1.54, 1.807) is 7.11 Å². The van der Waals surface area contributed by atoms with Crippen LogP contribution in [0.25, 0.3) is 20.4 Å². The van der Waals surface area contributed by atoms with Crippen molar-refractivity contribution in [3.8, 4) is 11.5 Å². The molecule has 6 rings (SSSR count). The number of thiophene rings is 1. The number of aryl methyl sites for hydroxylation is 1. The largest absolute Gasteiger partial charge is 0.496 e. The van der Waals surface area contributed by atoms with Crippen molar-refractivity contribution in [1.29, 1.82) is 0 Å². The molecule has 2 aliphatic heterocycles. The summed E-state index contributed by atoms with van der Waals surface area (Å²) >= 11 is 1.35. The number of fused-ring (bicyclic) bond motifs is 6. The highest BCUT2D eigenvalue weighted by molar-refractivity contribution is 7.25. The maximum Gasteiger partial charge on any atom is 0.328 e. The molecular formula is C26H28N4O4S. The molecule has 1 N–H and O–H groups in total. The van der Waals surface area contributed by atoms with Gasteiger partial charge in [-0.25, -0.2) is 9.78 Å². The van der Waals surface area contributed by atoms with Crippen LogP contribution in [0, 0.1) is 12.8 Å². The van der Waals surface area contributed by atoms with Crippen LogP contribution in [0.1, 0.15) is 30.0 Å². The van der Waals surface area contributed by atoms with Gasteiger partial charge in [0.15, 0.2) is 0 Å². The molecule has 5 heterocycles. The van der Waals surface area contributed by atoms with E-state index in [0.29, 0.717) is 28.6 Å². The Bertz CT molecular complexity index is 1520. The minimum Gasteiger partial charge on any atom is -0.496 e. The zero-order chi connectivity index (χ0) is 24.1. The van der Waals surface area contributed by atoms with E-state index < -0.39 is 0 Å². The molecule has 1 fully saturated rings. The number of nitrogens with one attached hydrogen (secondary N) is 1. The van der Waals surface area contributed by atoms with Crippen LogP contribution in [0.15, 0.2) is 39.9 Å². The number of likely N-dealkylation sites (tertiary alicyclic amines) is 1. The molecule has 0 aliphatic carbocycles. The first-order valence-electron chi connectivity index (χ1n) is 12.1. The van der Waals surface area contributed by atoms with Crippen molar-refractivity contribution < 1.29 is 9.47 Å². The van der Waals surface area contributed by atoms with E-state index in [2.05, 4.69) is 14.9 Å². The smallest absolute Gasteiger partial charge is 0.328 e. The minimum atomic E-state index is -0.351. The van der Waals surface area contributed by atoms with Crippen LogP contribution >= 0.6 is 11.3 Å². The van der Waals surface area contributed by atoms with Gasteiger partial charge in [-0.1, -0.05) is 6.07 Å². The van der Waals surface area contributed by atoms with Gasteiger partial charge in [0.1, 0.15) is 21.0 Å². The SMILES string of the molecule is COc1cccc2c1[C@@H]1CN(CCCCn3c(=O)[nH]c4c(sc5nc(C)ccc54)c3=O)C[C@@H]1CO2. The monoisotopic (exact) mass is 492 g/mol. The molecule has 2 atom stereocenters. The van der Waals surface area contributed by atoms with E-state index >= 15 is 0 Å². The molecule has 9 heteroatoms. The number of hydrogen-bond donors (Lipinski definition) is 1. The van der Waals surface area contributed by atoms with Crippen LogP contribution in [0.4, 0.5) is 0 Å². The molecule has 0 saturated carbocycles. The van der Waals surface area contributed by atoms with Gasteiger partial charge in [0, 0.05) is 48.1 Å². The van der Waals surface area contributed by atoms with Crippen molar-refractivity contribution in [3.05, 3.63) is 62.4 Å². The van der Waals surface area contributed by atoms with Crippen molar-refractivity contribution in [1.82, 2.24) is 19.4 Å². The maximum absolute atomic E-state index is 13.1. The molecule has 0 amide bonds. The minimum absolute atomic E-state index is 0.225. The van der Waals surface area contributed by atoms with Gasteiger partial charge in [-0.15, -0.1) is 11.3 Å². The Morgan fingerprint density at radius 2 is 2.03 bits per heavy atom. The van der Waals surface area contributed by atoms with Crippen molar-refractivity contribution in [3.63, 3.8) is 0 Å². The van der Waals surface area contributed by atoms with Crippen molar-refractivity contribution >= 4 is 31.8 Å². The van der Waals surface area contributed by atoms with Gasteiger partial charge in [-0.3, -0.25) is 9.36 Å². The molecule has 0 spiro atoms. The van der Waals surface area contributed by atoms with Gasteiger partial charge in [0.2, 0.25) is 0 Å². The van der Waals surface area contributed by atoms with Gasteiger partial charge in [-0.05, 0) is 50.6 Å². The van der Waals surface area contributed by atoms with E-state index in [9.17, 15) is 9.59 Å². The van der Waals surface area contributed by atoms with E-state index in [0.717, 1.165) is 66.5 Å². The molecule has 2 aliphatic rings. The number of H-pyrrole nitrogens is 1. The summed E-state index contributed by atoms with van der Waals surface area (Å²) in [4.78, 5) is 36.5. The number of nitrogens with zero attached hydrogens (tertiary/aromatic N) is 3. The van der Waals surface area contributed by atoms with Crippen LogP contribution in [0.5, 0.6) is 11.5 Å². The third-order valence-corrected chi connectivity index (χ3v) is 8.39. The second kappa shape index (κ2) is 8.80. The molecule has 0 bridgehead atoms. The topological polar surface area (TPSA) is 89.5 Å². The fourth-order valence-electron chi connectivity index (χ4n) is 5.57. The van der Waals surface area contributed by atoms with Gasteiger partial charge in [0.05, 0.1) is 19.2 Å². The number of unbranched alkanes of at least 4 members (excludes halogenated alkanes) is 1. The van der Waals surface area contributed by atoms with Crippen LogP contribution in [0.2, 0.25) is 0 Å². The lowest BCUT2D eigenvalue weighted by atomic mass is 9.86. The third kappa shape index (κ3) is 3.83. The Kier molecular flexibility index (Phi) is 5.61. The summed E-state index contributed by atoms with van der Waals surface area (Å²) in [5.74, 6) is 2.71. The molecule has 4 aromatic rings. The second-order valence-electron chi connectivity index (χ2n) is 9.51. The molecule has 1 aromatic carbocycles. The van der Waals surface area contributed by atoms with Crippen LogP contribution < -0.4 is 20.7 Å². The third-order valence-electron chi connectivity index (χ3n) is 7.30. The standard InChI is InChI=1S/C26H28N4O4S/c1-15-8-9-17-22-23(35-24(17)27-15)25(31)30(26(32)28-22)11-4-3-10-29-12-16-14-34-20-7-5-6-19(33-2)21(20)18(16)13-29/h5-9,16,18H,3-4,10-14H2,1-2H3,(H,28,32)/t16-,18-/m1/s1. The molecule has 0 radical (unpaired) electrons. The van der Waals surface area contributed by atoms with Gasteiger partial charge >= 0.3 is 5.69 Å². The quantitative estimate of drug-likeness (QED) is 0.415. The molecule has 3 aromatic heterocycles. The molecule has 0 unspecified atom stereocenters. The first-order chi connectivity index (χ1) is 17.0. The molecule has 1 saturated heterocycles. The Balaban J connectivity index is 1.13. The van der Waals surface area contributed by atoms with Crippen molar-refractivity contribution in [2.75, 3.05) is 33.4 Å². The Labute approximate surface area is 206 Å². The number of ether oxygens (including phenoxy) is 2. The first kappa shape index (κ1) is 22.3. The van der Waals surface area contributed by atoms with E-state index in [4.69, 9.17) is 9.47 Å². The highest BCUT2D eigenvalue weighted by Crippen LogP contribution is 2.46. The van der Waals surface area contributed by atoms with Crippen molar-refractivity contribution in [2.45, 2.75) is 32.2 Å². The average molecular weight is 493 g/mol. The highest BCUT2D eigenvalue weighted by Gasteiger charge is 2.40. The lowest BCUT2D eigenvalue weighted by molar-refractivity contribution is 0.209. The Hall–Kier alpha value is -3.17. The number of methoxy groups -OCH3 is 1. The predicted molar refractivity (Wildman–Crippen MR) is 137 cm³/mol. The first-order valence-corrected chi connectivity index (χ1v) is 12.9. The number of pyridine rings is 1. The van der Waals surface area contributed by atoms with Crippen LogP contribution in [0.3, 0.4) is 0 Å². The maximum atomic E-state index is 13.1.